The molecule has 1 heteroatoms. The van der Waals surface area contributed by atoms with E-state index in [-0.39, 0.29) is 6.42 Å². The topological polar surface area (TPSA) is 0 Å². The third kappa shape index (κ3) is 3.67. The Balaban J connectivity index is 2.40. The molecule has 0 saturated carbocycles. The van der Waals surface area contributed by atoms with Crippen molar-refractivity contribution in [1.82, 2.24) is 0 Å². The molecule has 0 amide bonds. The second kappa shape index (κ2) is 3.67. The van der Waals surface area contributed by atoms with Crippen molar-refractivity contribution in [2.75, 3.05) is 0 Å². The van der Waals surface area contributed by atoms with Gasteiger partial charge in [-0.2, -0.15) is 0 Å². The molecule has 0 atom stereocenters. The van der Waals surface area contributed by atoms with Gasteiger partial charge in [-0.1, -0.05) is 6.08 Å². The van der Waals surface area contributed by atoms with Crippen LogP contribution in [0.2, 0.25) is 0 Å². The van der Waals surface area contributed by atoms with E-state index in [1.807, 2.05) is 0 Å². The van der Waals surface area contributed by atoms with Crippen molar-refractivity contribution in [2.24, 2.45) is 0 Å². The number of hydrogen-bond acceptors (Lipinski definition) is 0. The molecule has 0 aliphatic rings. The lowest BCUT2D eigenvalue weighted by Gasteiger charge is -1.66. The molecular weight excluding hydrogens is 67.0 g/mol. The van der Waals surface area contributed by atoms with E-state index >= 15 is 0 Å². The summed E-state index contributed by atoms with van der Waals surface area (Å²) >= 11 is 0. The standard InChI is InChI=1S/C4H5F/c1-2-3-4-5/h2H,1,3H2. The number of hydrogen-bond donors (Lipinski definition) is 0. The largest absolute Gasteiger partial charge is 0.236 e. The lowest BCUT2D eigenvalue weighted by molar-refractivity contribution is 0.605. The van der Waals surface area contributed by atoms with Gasteiger partial charge in [0, 0.05) is 6.42 Å². The molecule has 0 aromatic carbocycles. The van der Waals surface area contributed by atoms with Crippen LogP contribution in [0, 0.1) is 6.67 Å². The summed E-state index contributed by atoms with van der Waals surface area (Å²) < 4.78 is 10.7. The summed E-state index contributed by atoms with van der Waals surface area (Å²) in [6.45, 7) is 4.65. The molecule has 0 bridgehead atoms. The lowest BCUT2D eigenvalue weighted by Crippen LogP contribution is -1.51. The van der Waals surface area contributed by atoms with E-state index in [1.54, 1.807) is 0 Å². The van der Waals surface area contributed by atoms with Gasteiger partial charge in [-0.3, -0.25) is 0 Å². The minimum absolute atomic E-state index is 0.236. The molecule has 0 rings (SSSR count). The van der Waals surface area contributed by atoms with Gasteiger partial charge in [-0.15, -0.1) is 6.58 Å². The Kier molecular flexibility index (Phi) is 3.43. The summed E-state index contributed by atoms with van der Waals surface area (Å²) in [5.74, 6) is 0. The zero-order valence-electron chi connectivity index (χ0n) is 2.87. The van der Waals surface area contributed by atoms with Crippen molar-refractivity contribution in [3.05, 3.63) is 19.3 Å². The maximum atomic E-state index is 10.7. The molecule has 0 aromatic rings. The second-order valence-electron chi connectivity index (χ2n) is 0.626. The monoisotopic (exact) mass is 72.0 g/mol. The Morgan fingerprint density at radius 2 is 2.60 bits per heavy atom. The lowest BCUT2D eigenvalue weighted by atomic mass is 10.5. The summed E-state index contributed by atoms with van der Waals surface area (Å²) in [6, 6.07) is 0. The highest BCUT2D eigenvalue weighted by atomic mass is 19.1. The van der Waals surface area contributed by atoms with E-state index < -0.39 is 0 Å². The molecule has 0 N–H and O–H groups in total. The van der Waals surface area contributed by atoms with E-state index in [4.69, 9.17) is 0 Å². The summed E-state index contributed by atoms with van der Waals surface area (Å²) in [5, 5.41) is 0. The first-order chi connectivity index (χ1) is 2.41. The average molecular weight is 72.1 g/mol. The molecule has 28 valence electrons. The zero-order valence-corrected chi connectivity index (χ0v) is 2.87. The Hall–Kier alpha value is -0.330. The van der Waals surface area contributed by atoms with E-state index in [1.165, 1.54) is 12.8 Å². The molecule has 2 radical (unpaired) electrons. The Labute approximate surface area is 31.3 Å². The van der Waals surface area contributed by atoms with E-state index in [2.05, 4.69) is 6.58 Å². The van der Waals surface area contributed by atoms with Crippen LogP contribution < -0.4 is 0 Å². The molecule has 5 heavy (non-hydrogen) atoms. The van der Waals surface area contributed by atoms with Crippen molar-refractivity contribution in [3.63, 3.8) is 0 Å². The third-order valence-electron chi connectivity index (χ3n) is 0.221. The van der Waals surface area contributed by atoms with Gasteiger partial charge in [0.25, 0.3) is 0 Å². The van der Waals surface area contributed by atoms with Crippen LogP contribution in [0.25, 0.3) is 0 Å². The summed E-state index contributed by atoms with van der Waals surface area (Å²) in [4.78, 5) is 0. The van der Waals surface area contributed by atoms with Crippen molar-refractivity contribution >= 4 is 0 Å². The molecule has 0 aliphatic heterocycles. The number of halogens is 1. The van der Waals surface area contributed by atoms with Gasteiger partial charge in [-0.05, 0) is 0 Å². The Morgan fingerprint density at radius 1 is 2.00 bits per heavy atom. The fourth-order valence-corrected chi connectivity index (χ4v) is 0.0546. The SMILES string of the molecule is C=CC[C]F. The van der Waals surface area contributed by atoms with E-state index in [0.717, 1.165) is 0 Å². The van der Waals surface area contributed by atoms with Crippen LogP contribution in [0.15, 0.2) is 12.7 Å². The molecular formula is C4H5F. The van der Waals surface area contributed by atoms with Gasteiger partial charge in [0.2, 0.25) is 0 Å². The second-order valence-corrected chi connectivity index (χ2v) is 0.626. The van der Waals surface area contributed by atoms with Gasteiger partial charge in [0.15, 0.2) is 6.67 Å². The normalized spacial score (nSPS) is 7.40. The highest BCUT2D eigenvalue weighted by Crippen LogP contribution is 1.83. The van der Waals surface area contributed by atoms with Crippen molar-refractivity contribution in [1.29, 1.82) is 0 Å². The number of rotatable bonds is 2. The van der Waals surface area contributed by atoms with Gasteiger partial charge < -0.3 is 0 Å². The van der Waals surface area contributed by atoms with Crippen LogP contribution in [0.4, 0.5) is 4.39 Å². The minimum atomic E-state index is 0.236. The van der Waals surface area contributed by atoms with Crippen molar-refractivity contribution < 1.29 is 4.39 Å². The maximum Gasteiger partial charge on any atom is 0.189 e. The minimum Gasteiger partial charge on any atom is -0.236 e. The predicted octanol–water partition coefficient (Wildman–Crippen LogP) is 1.57. The molecule has 0 saturated heterocycles. The fourth-order valence-electron chi connectivity index (χ4n) is 0.0546. The average Bonchev–Trinajstić information content (AvgIpc) is 1.41. The summed E-state index contributed by atoms with van der Waals surface area (Å²) in [6.07, 6.45) is 1.68. The van der Waals surface area contributed by atoms with Gasteiger partial charge in [0.05, 0.1) is 0 Å². The predicted molar refractivity (Wildman–Crippen MR) is 19.2 cm³/mol. The van der Waals surface area contributed by atoms with E-state index in [0.29, 0.717) is 0 Å². The van der Waals surface area contributed by atoms with Crippen LogP contribution in [0.3, 0.4) is 0 Å². The van der Waals surface area contributed by atoms with Crippen LogP contribution in [-0.2, 0) is 0 Å². The van der Waals surface area contributed by atoms with Gasteiger partial charge >= 0.3 is 0 Å². The van der Waals surface area contributed by atoms with Crippen molar-refractivity contribution in [3.8, 4) is 0 Å². The summed E-state index contributed by atoms with van der Waals surface area (Å²) in [7, 11) is 0. The first-order valence-electron chi connectivity index (χ1n) is 1.36. The third-order valence-corrected chi connectivity index (χ3v) is 0.221. The molecule has 0 heterocycles. The molecule has 0 aliphatic carbocycles. The van der Waals surface area contributed by atoms with Crippen molar-refractivity contribution in [2.45, 2.75) is 6.42 Å². The molecule has 0 unspecified atom stereocenters. The molecule has 0 nitrogen and oxygen atoms in total. The Bertz CT molecular complexity index is 24.8. The Morgan fingerprint density at radius 3 is 2.60 bits per heavy atom. The molecule has 0 aromatic heterocycles. The quantitative estimate of drug-likeness (QED) is 0.434. The number of allylic oxidation sites excluding steroid dienone is 1. The smallest absolute Gasteiger partial charge is 0.189 e. The first kappa shape index (κ1) is 4.67. The molecule has 0 fully saturated rings. The van der Waals surface area contributed by atoms with Gasteiger partial charge in [0.1, 0.15) is 0 Å². The first-order valence-corrected chi connectivity index (χ1v) is 1.36. The van der Waals surface area contributed by atoms with Crippen LogP contribution >= 0.6 is 0 Å². The molecule has 0 spiro atoms. The maximum absolute atomic E-state index is 10.7. The fraction of sp³-hybridized carbons (Fsp3) is 0.250. The van der Waals surface area contributed by atoms with Crippen LogP contribution in [0.1, 0.15) is 6.42 Å². The highest BCUT2D eigenvalue weighted by Gasteiger charge is 1.69. The highest BCUT2D eigenvalue weighted by molar-refractivity contribution is 4.69. The van der Waals surface area contributed by atoms with Crippen LogP contribution in [0.5, 0.6) is 0 Å². The van der Waals surface area contributed by atoms with Crippen LogP contribution in [-0.4, -0.2) is 0 Å². The zero-order chi connectivity index (χ0) is 4.12. The summed E-state index contributed by atoms with van der Waals surface area (Å²) in [5.41, 5.74) is 0. The van der Waals surface area contributed by atoms with E-state index in [9.17, 15) is 4.39 Å². The van der Waals surface area contributed by atoms with Gasteiger partial charge in [-0.25, -0.2) is 4.39 Å².